The molecule has 116 valence electrons. The standard InChI is InChI=1S/C12H24N4O3S/c1-3-15(4-2)7-5-6-14-20(18,19)12-10-13-16(11-12)8-9-17/h10-11,14,17H,3-9H2,1-2H3. The zero-order chi connectivity index (χ0) is 15.0. The van der Waals surface area contributed by atoms with Gasteiger partial charge in [0.2, 0.25) is 10.0 Å². The van der Waals surface area contributed by atoms with Crippen LogP contribution in [0.15, 0.2) is 17.3 Å². The molecule has 0 fully saturated rings. The van der Waals surface area contributed by atoms with Crippen molar-refractivity contribution in [1.82, 2.24) is 19.4 Å². The molecule has 0 aliphatic carbocycles. The van der Waals surface area contributed by atoms with Crippen LogP contribution in [0.4, 0.5) is 0 Å². The molecule has 0 aliphatic heterocycles. The maximum atomic E-state index is 12.0. The van der Waals surface area contributed by atoms with E-state index in [-0.39, 0.29) is 18.0 Å². The number of hydrogen-bond acceptors (Lipinski definition) is 5. The number of rotatable bonds is 10. The van der Waals surface area contributed by atoms with E-state index >= 15 is 0 Å². The second-order valence-electron chi connectivity index (χ2n) is 4.44. The summed E-state index contributed by atoms with van der Waals surface area (Å²) in [5.74, 6) is 0. The van der Waals surface area contributed by atoms with Crippen molar-refractivity contribution in [1.29, 1.82) is 0 Å². The van der Waals surface area contributed by atoms with E-state index in [1.54, 1.807) is 0 Å². The van der Waals surface area contributed by atoms with Crippen molar-refractivity contribution >= 4 is 10.0 Å². The van der Waals surface area contributed by atoms with E-state index in [9.17, 15) is 8.42 Å². The predicted octanol–water partition coefficient (Wildman–Crippen LogP) is -0.114. The van der Waals surface area contributed by atoms with Gasteiger partial charge in [-0.25, -0.2) is 13.1 Å². The highest BCUT2D eigenvalue weighted by atomic mass is 32.2. The van der Waals surface area contributed by atoms with Crippen LogP contribution in [0.1, 0.15) is 20.3 Å². The lowest BCUT2D eigenvalue weighted by atomic mass is 10.4. The number of nitrogens with zero attached hydrogens (tertiary/aromatic N) is 3. The fraction of sp³-hybridized carbons (Fsp3) is 0.750. The summed E-state index contributed by atoms with van der Waals surface area (Å²) in [5, 5.41) is 12.7. The van der Waals surface area contributed by atoms with Crippen LogP contribution in [0.3, 0.4) is 0 Å². The Kier molecular flexibility index (Phi) is 7.14. The summed E-state index contributed by atoms with van der Waals surface area (Å²) in [6.07, 6.45) is 3.48. The molecule has 0 amide bonds. The lowest BCUT2D eigenvalue weighted by Gasteiger charge is -2.17. The van der Waals surface area contributed by atoms with E-state index in [0.29, 0.717) is 6.54 Å². The van der Waals surface area contributed by atoms with Crippen LogP contribution >= 0.6 is 0 Å². The minimum atomic E-state index is -3.50. The van der Waals surface area contributed by atoms with Gasteiger partial charge in [-0.3, -0.25) is 4.68 Å². The molecular formula is C12H24N4O3S. The SMILES string of the molecule is CCN(CC)CCCNS(=O)(=O)c1cnn(CCO)c1. The van der Waals surface area contributed by atoms with Crippen molar-refractivity contribution in [3.05, 3.63) is 12.4 Å². The molecule has 0 saturated heterocycles. The normalized spacial score (nSPS) is 12.2. The molecule has 2 N–H and O–H groups in total. The zero-order valence-corrected chi connectivity index (χ0v) is 12.9. The second kappa shape index (κ2) is 8.35. The number of hydrogen-bond donors (Lipinski definition) is 2. The largest absolute Gasteiger partial charge is 0.394 e. The molecular weight excluding hydrogens is 280 g/mol. The van der Waals surface area contributed by atoms with Crippen molar-refractivity contribution in [3.63, 3.8) is 0 Å². The summed E-state index contributed by atoms with van der Waals surface area (Å²) in [5.41, 5.74) is 0. The van der Waals surface area contributed by atoms with Crippen LogP contribution in [0.2, 0.25) is 0 Å². The van der Waals surface area contributed by atoms with Crippen LogP contribution in [-0.2, 0) is 16.6 Å². The Balaban J connectivity index is 2.44. The molecule has 0 atom stereocenters. The highest BCUT2D eigenvalue weighted by Crippen LogP contribution is 2.06. The third kappa shape index (κ3) is 5.20. The molecule has 1 aromatic rings. The minimum absolute atomic E-state index is 0.0710. The van der Waals surface area contributed by atoms with E-state index in [1.807, 2.05) is 0 Å². The van der Waals surface area contributed by atoms with E-state index in [2.05, 4.69) is 28.6 Å². The van der Waals surface area contributed by atoms with Crippen LogP contribution < -0.4 is 4.72 Å². The third-order valence-corrected chi connectivity index (χ3v) is 4.50. The topological polar surface area (TPSA) is 87.5 Å². The lowest BCUT2D eigenvalue weighted by Crippen LogP contribution is -2.29. The van der Waals surface area contributed by atoms with Gasteiger partial charge in [-0.1, -0.05) is 13.8 Å². The van der Waals surface area contributed by atoms with Gasteiger partial charge in [0.05, 0.1) is 19.3 Å². The average Bonchev–Trinajstić information content (AvgIpc) is 2.89. The molecule has 1 heterocycles. The van der Waals surface area contributed by atoms with Crippen LogP contribution in [0.25, 0.3) is 0 Å². The number of aliphatic hydroxyl groups is 1. The van der Waals surface area contributed by atoms with Gasteiger partial charge in [0, 0.05) is 12.7 Å². The highest BCUT2D eigenvalue weighted by Gasteiger charge is 2.15. The summed E-state index contributed by atoms with van der Waals surface area (Å²) < 4.78 is 28.0. The fourth-order valence-corrected chi connectivity index (χ4v) is 2.87. The van der Waals surface area contributed by atoms with Crippen LogP contribution in [-0.4, -0.2) is 61.0 Å². The first-order valence-electron chi connectivity index (χ1n) is 6.88. The Labute approximate surface area is 120 Å². The number of nitrogens with one attached hydrogen (secondary N) is 1. The summed E-state index contributed by atoms with van der Waals surface area (Å²) in [4.78, 5) is 2.38. The van der Waals surface area contributed by atoms with Gasteiger partial charge in [0.1, 0.15) is 4.90 Å². The van der Waals surface area contributed by atoms with Gasteiger partial charge in [-0.15, -0.1) is 0 Å². The van der Waals surface area contributed by atoms with Crippen LogP contribution in [0, 0.1) is 0 Å². The van der Waals surface area contributed by atoms with E-state index in [4.69, 9.17) is 5.11 Å². The fourth-order valence-electron chi connectivity index (χ4n) is 1.84. The first-order valence-corrected chi connectivity index (χ1v) is 8.37. The van der Waals surface area contributed by atoms with Crippen molar-refractivity contribution in [3.8, 4) is 0 Å². The Hall–Kier alpha value is -0.960. The second-order valence-corrected chi connectivity index (χ2v) is 6.21. The summed E-state index contributed by atoms with van der Waals surface area (Å²) in [6, 6.07) is 0. The minimum Gasteiger partial charge on any atom is -0.394 e. The molecule has 0 aliphatic rings. The monoisotopic (exact) mass is 304 g/mol. The molecule has 1 rings (SSSR count). The predicted molar refractivity (Wildman–Crippen MR) is 76.9 cm³/mol. The molecule has 0 aromatic carbocycles. The van der Waals surface area contributed by atoms with Gasteiger partial charge in [0.25, 0.3) is 0 Å². The summed E-state index contributed by atoms with van der Waals surface area (Å²) in [6.45, 7) is 7.61. The van der Waals surface area contributed by atoms with Gasteiger partial charge >= 0.3 is 0 Å². The van der Waals surface area contributed by atoms with Crippen molar-refractivity contribution in [2.75, 3.05) is 32.8 Å². The number of aromatic nitrogens is 2. The quantitative estimate of drug-likeness (QED) is 0.589. The van der Waals surface area contributed by atoms with E-state index in [1.165, 1.54) is 17.1 Å². The zero-order valence-electron chi connectivity index (χ0n) is 12.1. The first-order chi connectivity index (χ1) is 9.53. The molecule has 0 saturated carbocycles. The number of aliphatic hydroxyl groups excluding tert-OH is 1. The molecule has 7 nitrogen and oxygen atoms in total. The maximum absolute atomic E-state index is 12.0. The summed E-state index contributed by atoms with van der Waals surface area (Å²) in [7, 11) is -3.50. The Morgan fingerprint density at radius 3 is 2.70 bits per heavy atom. The van der Waals surface area contributed by atoms with Gasteiger partial charge in [-0.05, 0) is 26.1 Å². The molecule has 0 spiro atoms. The molecule has 8 heteroatoms. The molecule has 0 unspecified atom stereocenters. The Morgan fingerprint density at radius 1 is 1.40 bits per heavy atom. The first kappa shape index (κ1) is 17.1. The lowest BCUT2D eigenvalue weighted by molar-refractivity contribution is 0.269. The Bertz CT molecular complexity index is 483. The van der Waals surface area contributed by atoms with Gasteiger partial charge in [-0.2, -0.15) is 5.10 Å². The highest BCUT2D eigenvalue weighted by molar-refractivity contribution is 7.89. The van der Waals surface area contributed by atoms with Crippen molar-refractivity contribution < 1.29 is 13.5 Å². The summed E-state index contributed by atoms with van der Waals surface area (Å²) >= 11 is 0. The van der Waals surface area contributed by atoms with Gasteiger partial charge < -0.3 is 10.0 Å². The van der Waals surface area contributed by atoms with Gasteiger partial charge in [0.15, 0.2) is 0 Å². The molecule has 1 aromatic heterocycles. The van der Waals surface area contributed by atoms with E-state index in [0.717, 1.165) is 26.1 Å². The Morgan fingerprint density at radius 2 is 2.10 bits per heavy atom. The van der Waals surface area contributed by atoms with Crippen molar-refractivity contribution in [2.45, 2.75) is 31.7 Å². The van der Waals surface area contributed by atoms with Crippen molar-refractivity contribution in [2.24, 2.45) is 0 Å². The molecule has 0 bridgehead atoms. The molecule has 20 heavy (non-hydrogen) atoms. The molecule has 0 radical (unpaired) electrons. The van der Waals surface area contributed by atoms with E-state index < -0.39 is 10.0 Å². The van der Waals surface area contributed by atoms with Crippen LogP contribution in [0.5, 0.6) is 0 Å². The average molecular weight is 304 g/mol. The third-order valence-electron chi connectivity index (χ3n) is 3.09. The maximum Gasteiger partial charge on any atom is 0.243 e. The number of sulfonamides is 1. The smallest absolute Gasteiger partial charge is 0.243 e.